The Bertz CT molecular complexity index is 922. The zero-order valence-electron chi connectivity index (χ0n) is 16.8. The average Bonchev–Trinajstić information content (AvgIpc) is 3.09. The largest absolute Gasteiger partial charge is 0.325 e. The van der Waals surface area contributed by atoms with Gasteiger partial charge in [-0.25, -0.2) is 12.7 Å². The lowest BCUT2D eigenvalue weighted by Gasteiger charge is -2.28. The van der Waals surface area contributed by atoms with E-state index in [1.165, 1.54) is 6.20 Å². The summed E-state index contributed by atoms with van der Waals surface area (Å²) in [7, 11) is 0.136. The maximum atomic E-state index is 13.1. The van der Waals surface area contributed by atoms with Crippen LogP contribution in [0.15, 0.2) is 30.1 Å². The number of sulfonamides is 1. The molecule has 28 heavy (non-hydrogen) atoms. The van der Waals surface area contributed by atoms with Crippen molar-refractivity contribution in [2.75, 3.05) is 26.9 Å². The molecule has 8 nitrogen and oxygen atoms in total. The Morgan fingerprint density at radius 3 is 2.50 bits per heavy atom. The van der Waals surface area contributed by atoms with Crippen molar-refractivity contribution >= 4 is 21.8 Å². The van der Waals surface area contributed by atoms with Crippen molar-refractivity contribution in [1.82, 2.24) is 19.1 Å². The highest BCUT2D eigenvalue weighted by Crippen LogP contribution is 2.41. The third kappa shape index (κ3) is 3.56. The molecule has 3 rings (SSSR count). The van der Waals surface area contributed by atoms with Gasteiger partial charge in [-0.2, -0.15) is 0 Å². The van der Waals surface area contributed by atoms with Crippen LogP contribution < -0.4 is 0 Å². The van der Waals surface area contributed by atoms with Gasteiger partial charge < -0.3 is 9.80 Å². The quantitative estimate of drug-likeness (QED) is 0.722. The van der Waals surface area contributed by atoms with Gasteiger partial charge in [0.1, 0.15) is 0 Å². The molecule has 0 saturated carbocycles. The molecule has 9 heteroatoms. The molecule has 0 aromatic carbocycles. The molecule has 0 radical (unpaired) electrons. The Balaban J connectivity index is 1.90. The zero-order valence-corrected chi connectivity index (χ0v) is 17.6. The minimum atomic E-state index is -3.74. The SMILES string of the molecule is CC(C)[C@H]1C(=O)N(S(C)(=O)=O)C2=CCN(C(=O)c3ccc(CN(C)C)nc3)[C@@H]21. The van der Waals surface area contributed by atoms with Crippen LogP contribution in [0.2, 0.25) is 0 Å². The zero-order chi connectivity index (χ0) is 20.8. The summed E-state index contributed by atoms with van der Waals surface area (Å²) in [6, 6.07) is 2.96. The number of hydrogen-bond acceptors (Lipinski definition) is 6. The maximum Gasteiger partial charge on any atom is 0.256 e. The van der Waals surface area contributed by atoms with Gasteiger partial charge in [0.2, 0.25) is 15.9 Å². The second-order valence-electron chi connectivity index (χ2n) is 7.94. The fourth-order valence-electron chi connectivity index (χ4n) is 3.91. The van der Waals surface area contributed by atoms with Crippen molar-refractivity contribution in [3.05, 3.63) is 41.4 Å². The van der Waals surface area contributed by atoms with Crippen LogP contribution in [0, 0.1) is 11.8 Å². The summed E-state index contributed by atoms with van der Waals surface area (Å²) >= 11 is 0. The molecular weight excluding hydrogens is 380 g/mol. The van der Waals surface area contributed by atoms with Crippen molar-refractivity contribution < 1.29 is 18.0 Å². The monoisotopic (exact) mass is 406 g/mol. The van der Waals surface area contributed by atoms with Gasteiger partial charge in [-0.3, -0.25) is 14.6 Å². The van der Waals surface area contributed by atoms with Gasteiger partial charge in [0, 0.05) is 19.3 Å². The summed E-state index contributed by atoms with van der Waals surface area (Å²) in [6.45, 7) is 4.66. The number of carbonyl (C=O) groups is 2. The Hall–Kier alpha value is -2.26. The molecule has 1 saturated heterocycles. The summed E-state index contributed by atoms with van der Waals surface area (Å²) in [5, 5.41) is 0. The van der Waals surface area contributed by atoms with Crippen LogP contribution in [0.1, 0.15) is 29.9 Å². The van der Waals surface area contributed by atoms with Crippen molar-refractivity contribution in [2.45, 2.75) is 26.4 Å². The number of carbonyl (C=O) groups excluding carboxylic acids is 2. The Morgan fingerprint density at radius 2 is 2.00 bits per heavy atom. The molecule has 2 amide bonds. The van der Waals surface area contributed by atoms with Gasteiger partial charge in [-0.15, -0.1) is 0 Å². The highest BCUT2D eigenvalue weighted by molar-refractivity contribution is 7.89. The number of rotatable bonds is 5. The van der Waals surface area contributed by atoms with E-state index in [1.54, 1.807) is 23.1 Å². The lowest BCUT2D eigenvalue weighted by molar-refractivity contribution is -0.128. The van der Waals surface area contributed by atoms with Gasteiger partial charge in [0.05, 0.1) is 35.2 Å². The minimum Gasteiger partial charge on any atom is -0.325 e. The maximum absolute atomic E-state index is 13.1. The highest BCUT2D eigenvalue weighted by Gasteiger charge is 2.54. The number of pyridine rings is 1. The first-order valence-electron chi connectivity index (χ1n) is 9.17. The minimum absolute atomic E-state index is 0.110. The van der Waals surface area contributed by atoms with Crippen LogP contribution in [0.25, 0.3) is 0 Å². The second-order valence-corrected chi connectivity index (χ2v) is 9.77. The Morgan fingerprint density at radius 1 is 1.32 bits per heavy atom. The van der Waals surface area contributed by atoms with E-state index in [0.29, 0.717) is 17.8 Å². The average molecular weight is 407 g/mol. The molecule has 1 aromatic rings. The summed E-state index contributed by atoms with van der Waals surface area (Å²) in [4.78, 5) is 33.8. The number of nitrogens with zero attached hydrogens (tertiary/aromatic N) is 4. The number of amides is 2. The molecule has 152 valence electrons. The van der Waals surface area contributed by atoms with Crippen molar-refractivity contribution in [1.29, 1.82) is 0 Å². The highest BCUT2D eigenvalue weighted by atomic mass is 32.2. The molecule has 2 aliphatic heterocycles. The van der Waals surface area contributed by atoms with Crippen molar-refractivity contribution in [2.24, 2.45) is 11.8 Å². The molecule has 3 heterocycles. The van der Waals surface area contributed by atoms with Gasteiger partial charge >= 0.3 is 0 Å². The standard InChI is InChI=1S/C19H26N4O4S/c1-12(2)16-17-15(23(19(16)25)28(5,26)27)8-9-22(17)18(24)13-6-7-14(20-10-13)11-21(3)4/h6-8,10,12,16-17H,9,11H2,1-5H3/t16-,17+/m1/s1. The fraction of sp³-hybridized carbons (Fsp3) is 0.526. The first-order chi connectivity index (χ1) is 13.0. The van der Waals surface area contributed by atoms with E-state index in [9.17, 15) is 18.0 Å². The lowest BCUT2D eigenvalue weighted by atomic mass is 9.89. The molecule has 0 unspecified atom stereocenters. The number of fused-ring (bicyclic) bond motifs is 1. The first-order valence-corrected chi connectivity index (χ1v) is 11.0. The van der Waals surface area contributed by atoms with Gasteiger partial charge in [-0.1, -0.05) is 13.8 Å². The van der Waals surface area contributed by atoms with E-state index in [0.717, 1.165) is 16.3 Å². The molecule has 1 fully saturated rings. The predicted octanol–water partition coefficient (Wildman–Crippen LogP) is 0.926. The van der Waals surface area contributed by atoms with Gasteiger partial charge in [0.25, 0.3) is 5.91 Å². The van der Waals surface area contributed by atoms with Crippen LogP contribution >= 0.6 is 0 Å². The van der Waals surface area contributed by atoms with Crippen LogP contribution in [0.4, 0.5) is 0 Å². The summed E-state index contributed by atoms with van der Waals surface area (Å²) in [5.41, 5.74) is 1.66. The normalized spacial score (nSPS) is 22.2. The van der Waals surface area contributed by atoms with E-state index in [4.69, 9.17) is 0 Å². The molecular formula is C19H26N4O4S. The molecule has 2 atom stereocenters. The van der Waals surface area contributed by atoms with Gasteiger partial charge in [-0.05, 0) is 38.2 Å². The Labute approximate surface area is 165 Å². The third-order valence-electron chi connectivity index (χ3n) is 5.06. The molecule has 0 bridgehead atoms. The topological polar surface area (TPSA) is 90.9 Å². The molecule has 1 aromatic heterocycles. The van der Waals surface area contributed by atoms with E-state index < -0.39 is 27.9 Å². The molecule has 0 spiro atoms. The van der Waals surface area contributed by atoms with E-state index in [1.807, 2.05) is 32.8 Å². The molecule has 0 N–H and O–H groups in total. The van der Waals surface area contributed by atoms with Crippen LogP contribution in [-0.4, -0.2) is 72.3 Å². The molecule has 0 aliphatic carbocycles. The van der Waals surface area contributed by atoms with E-state index in [-0.39, 0.29) is 18.4 Å². The lowest BCUT2D eigenvalue weighted by Crippen LogP contribution is -2.43. The van der Waals surface area contributed by atoms with Crippen LogP contribution in [-0.2, 0) is 21.4 Å². The van der Waals surface area contributed by atoms with E-state index in [2.05, 4.69) is 4.98 Å². The smallest absolute Gasteiger partial charge is 0.256 e. The van der Waals surface area contributed by atoms with Crippen molar-refractivity contribution in [3.8, 4) is 0 Å². The molecule has 2 aliphatic rings. The third-order valence-corrected chi connectivity index (χ3v) is 6.11. The summed E-state index contributed by atoms with van der Waals surface area (Å²) in [6.07, 6.45) is 4.22. The Kier molecular flexibility index (Phi) is 5.33. The predicted molar refractivity (Wildman–Crippen MR) is 105 cm³/mol. The van der Waals surface area contributed by atoms with E-state index >= 15 is 0 Å². The van der Waals surface area contributed by atoms with Gasteiger partial charge in [0.15, 0.2) is 0 Å². The summed E-state index contributed by atoms with van der Waals surface area (Å²) in [5.74, 6) is -1.42. The second kappa shape index (κ2) is 7.29. The number of hydrogen-bond donors (Lipinski definition) is 0. The number of aromatic nitrogens is 1. The van der Waals surface area contributed by atoms with Crippen LogP contribution in [0.5, 0.6) is 0 Å². The summed E-state index contributed by atoms with van der Waals surface area (Å²) < 4.78 is 25.2. The van der Waals surface area contributed by atoms with Crippen molar-refractivity contribution in [3.63, 3.8) is 0 Å². The fourth-order valence-corrected chi connectivity index (χ4v) is 4.93. The first kappa shape index (κ1) is 20.5. The van der Waals surface area contributed by atoms with Crippen LogP contribution in [0.3, 0.4) is 0 Å².